The molecule has 0 saturated carbocycles. The summed E-state index contributed by atoms with van der Waals surface area (Å²) < 4.78 is 65.8. The van der Waals surface area contributed by atoms with Gasteiger partial charge in [-0.1, -0.05) is 17.7 Å². The van der Waals surface area contributed by atoms with Gasteiger partial charge in [-0.25, -0.2) is 26.7 Å². The number of urea groups is 1. The monoisotopic (exact) mass is 364 g/mol. The van der Waals surface area contributed by atoms with Crippen LogP contribution in [0.3, 0.4) is 0 Å². The van der Waals surface area contributed by atoms with Gasteiger partial charge in [0.15, 0.2) is 23.3 Å². The summed E-state index contributed by atoms with van der Waals surface area (Å²) in [6.45, 7) is 0. The molecule has 3 amide bonds. The van der Waals surface area contributed by atoms with Crippen molar-refractivity contribution >= 4 is 29.2 Å². The molecule has 4 nitrogen and oxygen atoms in total. The Bertz CT molecular complexity index is 824. The molecule has 10 heteroatoms. The largest absolute Gasteiger partial charge is 0.326 e. The zero-order valence-corrected chi connectivity index (χ0v) is 12.1. The highest BCUT2D eigenvalue weighted by Crippen LogP contribution is 2.23. The van der Waals surface area contributed by atoms with Gasteiger partial charge in [0.1, 0.15) is 5.82 Å². The number of amides is 3. The molecular formula is C14H6ClF5N2O2. The van der Waals surface area contributed by atoms with Gasteiger partial charge in [-0.2, -0.15) is 0 Å². The van der Waals surface area contributed by atoms with Crippen molar-refractivity contribution in [2.24, 2.45) is 0 Å². The fraction of sp³-hybridized carbons (Fsp3) is 0. The van der Waals surface area contributed by atoms with Gasteiger partial charge in [0.25, 0.3) is 5.91 Å². The van der Waals surface area contributed by atoms with Crippen LogP contribution < -0.4 is 10.6 Å². The quantitative estimate of drug-likeness (QED) is 0.481. The average Bonchev–Trinajstić information content (AvgIpc) is 2.50. The Balaban J connectivity index is 2.19. The van der Waals surface area contributed by atoms with E-state index in [9.17, 15) is 31.5 Å². The van der Waals surface area contributed by atoms with Crippen molar-refractivity contribution in [1.82, 2.24) is 5.32 Å². The lowest BCUT2D eigenvalue weighted by Gasteiger charge is -2.10. The predicted molar refractivity (Wildman–Crippen MR) is 74.2 cm³/mol. The van der Waals surface area contributed by atoms with E-state index in [4.69, 9.17) is 11.6 Å². The molecule has 24 heavy (non-hydrogen) atoms. The van der Waals surface area contributed by atoms with Crippen LogP contribution in [0.4, 0.5) is 32.4 Å². The summed E-state index contributed by atoms with van der Waals surface area (Å²) in [7, 11) is 0. The smallest absolute Gasteiger partial charge is 0.305 e. The topological polar surface area (TPSA) is 58.2 Å². The van der Waals surface area contributed by atoms with E-state index in [2.05, 4.69) is 0 Å². The highest BCUT2D eigenvalue weighted by Gasteiger charge is 2.22. The molecule has 0 unspecified atom stereocenters. The standard InChI is InChI=1S/C14H6ClF5N2O2/c15-5-2-1-3-6(16)9(5)13(23)22-14(24)21-8-4-7(17)10(18)12(20)11(8)19/h1-4H,(H2,21,22,23,24). The molecule has 2 rings (SSSR count). The first-order valence-corrected chi connectivity index (χ1v) is 6.49. The molecular weight excluding hydrogens is 359 g/mol. The summed E-state index contributed by atoms with van der Waals surface area (Å²) in [5.41, 5.74) is -1.72. The summed E-state index contributed by atoms with van der Waals surface area (Å²) in [5, 5.41) is 2.89. The Kier molecular flexibility index (Phi) is 5.03. The van der Waals surface area contributed by atoms with E-state index >= 15 is 0 Å². The number of hydrogen-bond acceptors (Lipinski definition) is 2. The van der Waals surface area contributed by atoms with Gasteiger partial charge in [0, 0.05) is 6.07 Å². The third-order valence-electron chi connectivity index (χ3n) is 2.77. The van der Waals surface area contributed by atoms with Gasteiger partial charge in [-0.15, -0.1) is 0 Å². The predicted octanol–water partition coefficient (Wildman–Crippen LogP) is 4.00. The number of hydrogen-bond donors (Lipinski definition) is 2. The van der Waals surface area contributed by atoms with E-state index in [-0.39, 0.29) is 11.1 Å². The van der Waals surface area contributed by atoms with E-state index in [1.54, 1.807) is 10.6 Å². The summed E-state index contributed by atoms with van der Waals surface area (Å²) in [6.07, 6.45) is 0. The van der Waals surface area contributed by atoms with Gasteiger partial charge in [0.2, 0.25) is 0 Å². The highest BCUT2D eigenvalue weighted by molar-refractivity contribution is 6.34. The number of carbonyl (C=O) groups is 2. The van der Waals surface area contributed by atoms with Gasteiger partial charge >= 0.3 is 6.03 Å². The first kappa shape index (κ1) is 17.7. The van der Waals surface area contributed by atoms with Gasteiger partial charge in [-0.05, 0) is 12.1 Å². The second kappa shape index (κ2) is 6.83. The third kappa shape index (κ3) is 3.46. The fourth-order valence-electron chi connectivity index (χ4n) is 1.70. The van der Waals surface area contributed by atoms with E-state index < -0.39 is 52.3 Å². The third-order valence-corrected chi connectivity index (χ3v) is 3.08. The van der Waals surface area contributed by atoms with Crippen molar-refractivity contribution in [3.05, 3.63) is 63.9 Å². The average molecular weight is 365 g/mol. The van der Waals surface area contributed by atoms with Crippen molar-refractivity contribution in [3.8, 4) is 0 Å². The lowest BCUT2D eigenvalue weighted by atomic mass is 10.2. The van der Waals surface area contributed by atoms with Crippen LogP contribution in [0.2, 0.25) is 5.02 Å². The van der Waals surface area contributed by atoms with Crippen LogP contribution in [-0.4, -0.2) is 11.9 Å². The van der Waals surface area contributed by atoms with Crippen LogP contribution in [0.5, 0.6) is 0 Å². The number of benzene rings is 2. The Morgan fingerprint density at radius 1 is 0.917 bits per heavy atom. The van der Waals surface area contributed by atoms with Crippen molar-refractivity contribution in [2.45, 2.75) is 0 Å². The van der Waals surface area contributed by atoms with Crippen molar-refractivity contribution < 1.29 is 31.5 Å². The van der Waals surface area contributed by atoms with E-state index in [1.165, 1.54) is 12.1 Å². The number of halogens is 6. The van der Waals surface area contributed by atoms with Crippen LogP contribution in [0.15, 0.2) is 24.3 Å². The van der Waals surface area contributed by atoms with Crippen molar-refractivity contribution in [3.63, 3.8) is 0 Å². The van der Waals surface area contributed by atoms with Crippen LogP contribution in [0.1, 0.15) is 10.4 Å². The molecule has 0 aliphatic rings. The molecule has 2 N–H and O–H groups in total. The molecule has 0 saturated heterocycles. The molecule has 0 aromatic heterocycles. The van der Waals surface area contributed by atoms with Crippen LogP contribution in [0.25, 0.3) is 0 Å². The van der Waals surface area contributed by atoms with Gasteiger partial charge in [0.05, 0.1) is 16.3 Å². The normalized spacial score (nSPS) is 10.4. The Morgan fingerprint density at radius 2 is 1.58 bits per heavy atom. The van der Waals surface area contributed by atoms with E-state index in [0.29, 0.717) is 0 Å². The lowest BCUT2D eigenvalue weighted by molar-refractivity contribution is 0.0963. The zero-order chi connectivity index (χ0) is 18.0. The lowest BCUT2D eigenvalue weighted by Crippen LogP contribution is -2.35. The maximum Gasteiger partial charge on any atom is 0.326 e. The number of carbonyl (C=O) groups excluding carboxylic acids is 2. The minimum absolute atomic E-state index is 0.174. The molecule has 0 atom stereocenters. The summed E-state index contributed by atoms with van der Waals surface area (Å²) in [4.78, 5) is 23.3. The Hall–Kier alpha value is -2.68. The van der Waals surface area contributed by atoms with Crippen LogP contribution in [0, 0.1) is 29.1 Å². The van der Waals surface area contributed by atoms with Crippen LogP contribution in [-0.2, 0) is 0 Å². The van der Waals surface area contributed by atoms with Gasteiger partial charge in [-0.3, -0.25) is 10.1 Å². The molecule has 126 valence electrons. The molecule has 0 aliphatic heterocycles. The highest BCUT2D eigenvalue weighted by atomic mass is 35.5. The molecule has 0 radical (unpaired) electrons. The minimum Gasteiger partial charge on any atom is -0.305 e. The number of imide groups is 1. The molecule has 0 aliphatic carbocycles. The van der Waals surface area contributed by atoms with Crippen molar-refractivity contribution in [2.75, 3.05) is 5.32 Å². The summed E-state index contributed by atoms with van der Waals surface area (Å²) >= 11 is 5.62. The SMILES string of the molecule is O=C(NC(=O)c1c(F)cccc1Cl)Nc1cc(F)c(F)c(F)c1F. The minimum atomic E-state index is -2.14. The molecule has 2 aromatic carbocycles. The molecule has 0 spiro atoms. The summed E-state index contributed by atoms with van der Waals surface area (Å²) in [5.74, 6) is -10.1. The first-order valence-electron chi connectivity index (χ1n) is 6.11. The number of nitrogens with one attached hydrogen (secondary N) is 2. The molecule has 0 bridgehead atoms. The summed E-state index contributed by atoms with van der Waals surface area (Å²) in [6, 6.07) is 2.04. The second-order valence-corrected chi connectivity index (χ2v) is 4.76. The van der Waals surface area contributed by atoms with E-state index in [0.717, 1.165) is 6.07 Å². The maximum atomic E-state index is 13.5. The molecule has 0 heterocycles. The molecule has 0 fully saturated rings. The number of rotatable bonds is 2. The van der Waals surface area contributed by atoms with E-state index in [1.807, 2.05) is 0 Å². The van der Waals surface area contributed by atoms with Gasteiger partial charge < -0.3 is 5.32 Å². The zero-order valence-electron chi connectivity index (χ0n) is 11.4. The van der Waals surface area contributed by atoms with Crippen molar-refractivity contribution in [1.29, 1.82) is 0 Å². The second-order valence-electron chi connectivity index (χ2n) is 4.35. The fourth-order valence-corrected chi connectivity index (χ4v) is 1.95. The Morgan fingerprint density at radius 3 is 2.21 bits per heavy atom. The Labute approximate surface area is 136 Å². The van der Waals surface area contributed by atoms with Crippen LogP contribution >= 0.6 is 11.6 Å². The molecule has 2 aromatic rings. The number of anilines is 1. The first-order chi connectivity index (χ1) is 11.2. The maximum absolute atomic E-state index is 13.5.